The first kappa shape index (κ1) is 23.6. The van der Waals surface area contributed by atoms with E-state index >= 15 is 0 Å². The van der Waals surface area contributed by atoms with Gasteiger partial charge in [-0.05, 0) is 79.1 Å². The molecule has 3 aromatic carbocycles. The average Bonchev–Trinajstić information content (AvgIpc) is 3.04. The standard InChI is InChI=1S/C25H20F3NO4S/c1-15-20(21-13-18(27)6-9-23(21)29(15)14-25(30)33-2)11-16-3-10-24(22(28)12-16)34(31,32)19-7-4-17(26)5-8-19/h3-10,12-13H,11,14H2,1-2H3. The lowest BCUT2D eigenvalue weighted by molar-refractivity contribution is -0.141. The fourth-order valence-electron chi connectivity index (χ4n) is 3.96. The topological polar surface area (TPSA) is 65.4 Å². The van der Waals surface area contributed by atoms with E-state index in [0.29, 0.717) is 27.7 Å². The molecule has 0 atom stereocenters. The number of nitrogens with zero attached hydrogens (tertiary/aromatic N) is 1. The molecule has 34 heavy (non-hydrogen) atoms. The van der Waals surface area contributed by atoms with E-state index in [9.17, 15) is 26.4 Å². The van der Waals surface area contributed by atoms with Crippen LogP contribution in [0.2, 0.25) is 0 Å². The van der Waals surface area contributed by atoms with Crippen molar-refractivity contribution in [2.24, 2.45) is 0 Å². The summed E-state index contributed by atoms with van der Waals surface area (Å²) in [5.74, 6) is -2.50. The second-order valence-electron chi connectivity index (χ2n) is 7.79. The summed E-state index contributed by atoms with van der Waals surface area (Å²) < 4.78 is 74.1. The van der Waals surface area contributed by atoms with Gasteiger partial charge in [0.05, 0.1) is 12.0 Å². The number of methoxy groups -OCH3 is 1. The molecule has 4 aromatic rings. The van der Waals surface area contributed by atoms with Crippen LogP contribution in [0.25, 0.3) is 10.9 Å². The minimum absolute atomic E-state index is 0.0757. The van der Waals surface area contributed by atoms with E-state index in [1.165, 1.54) is 25.3 Å². The third kappa shape index (κ3) is 4.31. The highest BCUT2D eigenvalue weighted by molar-refractivity contribution is 7.91. The Morgan fingerprint density at radius 3 is 2.26 bits per heavy atom. The summed E-state index contributed by atoms with van der Waals surface area (Å²) in [5.41, 5.74) is 2.43. The first-order valence-corrected chi connectivity index (χ1v) is 11.7. The van der Waals surface area contributed by atoms with Crippen molar-refractivity contribution >= 4 is 26.7 Å². The van der Waals surface area contributed by atoms with E-state index < -0.39 is 38.2 Å². The molecule has 176 valence electrons. The van der Waals surface area contributed by atoms with Gasteiger partial charge in [0.1, 0.15) is 28.9 Å². The smallest absolute Gasteiger partial charge is 0.325 e. The fraction of sp³-hybridized carbons (Fsp3) is 0.160. The maximum absolute atomic E-state index is 14.9. The molecule has 0 unspecified atom stereocenters. The number of benzene rings is 3. The molecule has 0 fully saturated rings. The molecule has 0 radical (unpaired) electrons. The van der Waals surface area contributed by atoms with Gasteiger partial charge in [0.2, 0.25) is 9.84 Å². The van der Waals surface area contributed by atoms with Crippen LogP contribution in [0.3, 0.4) is 0 Å². The van der Waals surface area contributed by atoms with Crippen molar-refractivity contribution < 1.29 is 31.1 Å². The minimum Gasteiger partial charge on any atom is -0.468 e. The van der Waals surface area contributed by atoms with Gasteiger partial charge in [-0.15, -0.1) is 0 Å². The predicted octanol–water partition coefficient (Wildman–Crippen LogP) is 4.96. The molecule has 0 saturated carbocycles. The van der Waals surface area contributed by atoms with Crippen LogP contribution in [0, 0.1) is 24.4 Å². The van der Waals surface area contributed by atoms with Crippen LogP contribution in [-0.2, 0) is 32.3 Å². The quantitative estimate of drug-likeness (QED) is 0.285. The number of halogens is 3. The van der Waals surface area contributed by atoms with Gasteiger partial charge in [0.15, 0.2) is 0 Å². The highest BCUT2D eigenvalue weighted by Crippen LogP contribution is 2.30. The van der Waals surface area contributed by atoms with Gasteiger partial charge in [-0.3, -0.25) is 4.79 Å². The molecule has 4 rings (SSSR count). The molecule has 0 N–H and O–H groups in total. The monoisotopic (exact) mass is 487 g/mol. The van der Waals surface area contributed by atoms with E-state index in [1.54, 1.807) is 17.6 Å². The van der Waals surface area contributed by atoms with Crippen molar-refractivity contribution in [2.45, 2.75) is 29.7 Å². The van der Waals surface area contributed by atoms with E-state index in [2.05, 4.69) is 0 Å². The average molecular weight is 487 g/mol. The molecule has 5 nitrogen and oxygen atoms in total. The minimum atomic E-state index is -4.18. The lowest BCUT2D eigenvalue weighted by atomic mass is 10.0. The molecular weight excluding hydrogens is 467 g/mol. The molecule has 0 aliphatic carbocycles. The zero-order valence-corrected chi connectivity index (χ0v) is 19.1. The number of hydrogen-bond acceptors (Lipinski definition) is 4. The molecular formula is C25H20F3NO4S. The summed E-state index contributed by atoms with van der Waals surface area (Å²) in [6.45, 7) is 1.69. The summed E-state index contributed by atoms with van der Waals surface area (Å²) >= 11 is 0. The van der Waals surface area contributed by atoms with Crippen molar-refractivity contribution in [3.05, 3.63) is 94.9 Å². The predicted molar refractivity (Wildman–Crippen MR) is 120 cm³/mol. The Bertz CT molecular complexity index is 1510. The largest absolute Gasteiger partial charge is 0.468 e. The van der Waals surface area contributed by atoms with Gasteiger partial charge in [-0.1, -0.05) is 6.07 Å². The van der Waals surface area contributed by atoms with Crippen LogP contribution < -0.4 is 0 Å². The zero-order valence-electron chi connectivity index (χ0n) is 18.3. The third-order valence-corrected chi connectivity index (χ3v) is 7.52. The Balaban J connectivity index is 1.74. The number of aromatic nitrogens is 1. The van der Waals surface area contributed by atoms with Crippen LogP contribution in [0.1, 0.15) is 16.8 Å². The Kier molecular flexibility index (Phi) is 6.22. The van der Waals surface area contributed by atoms with Crippen molar-refractivity contribution in [1.82, 2.24) is 4.57 Å². The zero-order chi connectivity index (χ0) is 24.6. The number of ether oxygens (including phenoxy) is 1. The molecule has 1 heterocycles. The number of carbonyl (C=O) groups excluding carboxylic acids is 1. The molecule has 1 aromatic heterocycles. The van der Waals surface area contributed by atoms with E-state index in [1.807, 2.05) is 0 Å². The van der Waals surface area contributed by atoms with Crippen LogP contribution in [0.4, 0.5) is 13.2 Å². The SMILES string of the molecule is COC(=O)Cn1c(C)c(Cc2ccc(S(=O)(=O)c3ccc(F)cc3)c(F)c2)c2cc(F)ccc21. The normalized spacial score (nSPS) is 11.7. The Morgan fingerprint density at radius 1 is 0.941 bits per heavy atom. The van der Waals surface area contributed by atoms with E-state index in [4.69, 9.17) is 4.74 Å². The number of esters is 1. The number of carbonyl (C=O) groups is 1. The maximum atomic E-state index is 14.9. The fourth-order valence-corrected chi connectivity index (χ4v) is 5.27. The first-order chi connectivity index (χ1) is 16.1. The molecule has 0 aliphatic heterocycles. The summed E-state index contributed by atoms with van der Waals surface area (Å²) in [5, 5.41) is 0.560. The Labute approximate surface area is 194 Å². The van der Waals surface area contributed by atoms with Gasteiger partial charge in [0, 0.05) is 16.6 Å². The summed E-state index contributed by atoms with van der Waals surface area (Å²) in [7, 11) is -2.91. The van der Waals surface area contributed by atoms with E-state index in [-0.39, 0.29) is 17.9 Å². The highest BCUT2D eigenvalue weighted by atomic mass is 32.2. The molecule has 0 saturated heterocycles. The van der Waals surface area contributed by atoms with Crippen molar-refractivity contribution in [1.29, 1.82) is 0 Å². The number of rotatable bonds is 6. The molecule has 9 heteroatoms. The maximum Gasteiger partial charge on any atom is 0.325 e. The summed E-state index contributed by atoms with van der Waals surface area (Å²) in [6.07, 6.45) is 0.174. The third-order valence-electron chi connectivity index (χ3n) is 5.72. The molecule has 0 aliphatic rings. The van der Waals surface area contributed by atoms with Crippen LogP contribution in [-0.4, -0.2) is 26.1 Å². The van der Waals surface area contributed by atoms with E-state index in [0.717, 1.165) is 36.4 Å². The van der Waals surface area contributed by atoms with Crippen LogP contribution in [0.5, 0.6) is 0 Å². The summed E-state index contributed by atoms with van der Waals surface area (Å²) in [4.78, 5) is 11.1. The Morgan fingerprint density at radius 2 is 1.62 bits per heavy atom. The van der Waals surface area contributed by atoms with Crippen molar-refractivity contribution in [2.75, 3.05) is 7.11 Å². The van der Waals surface area contributed by atoms with Crippen molar-refractivity contribution in [3.8, 4) is 0 Å². The van der Waals surface area contributed by atoms with Gasteiger partial charge < -0.3 is 9.30 Å². The molecule has 0 amide bonds. The number of hydrogen-bond donors (Lipinski definition) is 0. The van der Waals surface area contributed by atoms with Gasteiger partial charge in [0.25, 0.3) is 0 Å². The second-order valence-corrected chi connectivity index (χ2v) is 9.70. The summed E-state index contributed by atoms with van der Waals surface area (Å²) in [6, 6.07) is 12.1. The highest BCUT2D eigenvalue weighted by Gasteiger charge is 2.23. The lowest BCUT2D eigenvalue weighted by Gasteiger charge is -2.09. The van der Waals surface area contributed by atoms with Gasteiger partial charge in [-0.2, -0.15) is 0 Å². The molecule has 0 spiro atoms. The molecule has 0 bridgehead atoms. The number of sulfone groups is 1. The first-order valence-electron chi connectivity index (χ1n) is 10.2. The lowest BCUT2D eigenvalue weighted by Crippen LogP contribution is -2.12. The second kappa shape index (κ2) is 8.98. The number of fused-ring (bicyclic) bond motifs is 1. The van der Waals surface area contributed by atoms with Crippen LogP contribution in [0.15, 0.2) is 70.5 Å². The van der Waals surface area contributed by atoms with Crippen LogP contribution >= 0.6 is 0 Å². The van der Waals surface area contributed by atoms with Gasteiger partial charge >= 0.3 is 5.97 Å². The van der Waals surface area contributed by atoms with Gasteiger partial charge in [-0.25, -0.2) is 21.6 Å². The van der Waals surface area contributed by atoms with Crippen molar-refractivity contribution in [3.63, 3.8) is 0 Å². The Hall–Kier alpha value is -3.59.